The van der Waals surface area contributed by atoms with Crippen molar-refractivity contribution in [2.75, 3.05) is 24.5 Å². The lowest BCUT2D eigenvalue weighted by atomic mass is 10.1. The Morgan fingerprint density at radius 1 is 1.43 bits per heavy atom. The van der Waals surface area contributed by atoms with Crippen LogP contribution in [-0.4, -0.2) is 36.3 Å². The van der Waals surface area contributed by atoms with E-state index in [2.05, 4.69) is 44.8 Å². The van der Waals surface area contributed by atoms with Gasteiger partial charge < -0.3 is 15.0 Å². The van der Waals surface area contributed by atoms with Crippen LogP contribution < -0.4 is 10.2 Å². The Balaban J connectivity index is 2.12. The summed E-state index contributed by atoms with van der Waals surface area (Å²) >= 11 is 1.84. The van der Waals surface area contributed by atoms with Gasteiger partial charge in [0.15, 0.2) is 5.13 Å². The monoisotopic (exact) mass is 311 g/mol. The summed E-state index contributed by atoms with van der Waals surface area (Å²) in [6.45, 7) is 14.7. The molecule has 0 saturated carbocycles. The Morgan fingerprint density at radius 2 is 2.19 bits per heavy atom. The summed E-state index contributed by atoms with van der Waals surface area (Å²) < 4.78 is 5.99. The number of hydrogen-bond acceptors (Lipinski definition) is 5. The van der Waals surface area contributed by atoms with Crippen molar-refractivity contribution in [3.05, 3.63) is 10.6 Å². The second-order valence-corrected chi connectivity index (χ2v) is 7.53. The van der Waals surface area contributed by atoms with Gasteiger partial charge in [0.2, 0.25) is 0 Å². The molecule has 1 aromatic rings. The fraction of sp³-hybridized carbons (Fsp3) is 0.812. The lowest BCUT2D eigenvalue weighted by Gasteiger charge is -2.41. The first kappa shape index (κ1) is 16.7. The van der Waals surface area contributed by atoms with E-state index in [0.717, 1.165) is 37.7 Å². The number of nitrogens with one attached hydrogen (secondary N) is 1. The fourth-order valence-electron chi connectivity index (χ4n) is 2.90. The Labute approximate surface area is 132 Å². The molecule has 1 atom stereocenters. The normalized spacial score (nSPS) is 21.8. The van der Waals surface area contributed by atoms with E-state index >= 15 is 0 Å². The molecule has 5 heteroatoms. The molecule has 0 aromatic carbocycles. The minimum Gasteiger partial charge on any atom is -0.369 e. The van der Waals surface area contributed by atoms with Crippen molar-refractivity contribution in [3.8, 4) is 0 Å². The molecule has 1 fully saturated rings. The van der Waals surface area contributed by atoms with Gasteiger partial charge in [-0.3, -0.25) is 0 Å². The number of ether oxygens (including phenoxy) is 1. The van der Waals surface area contributed by atoms with Crippen molar-refractivity contribution >= 4 is 16.5 Å². The van der Waals surface area contributed by atoms with Crippen LogP contribution in [0.3, 0.4) is 0 Å². The first-order chi connectivity index (χ1) is 9.95. The van der Waals surface area contributed by atoms with Gasteiger partial charge in [-0.2, -0.15) is 0 Å². The van der Waals surface area contributed by atoms with Gasteiger partial charge in [-0.25, -0.2) is 4.98 Å². The first-order valence-corrected chi connectivity index (χ1v) is 8.89. The molecule has 1 aliphatic rings. The zero-order valence-electron chi connectivity index (χ0n) is 14.0. The quantitative estimate of drug-likeness (QED) is 0.819. The maximum atomic E-state index is 5.99. The van der Waals surface area contributed by atoms with Gasteiger partial charge in [0, 0.05) is 24.5 Å². The number of anilines is 1. The Morgan fingerprint density at radius 3 is 2.81 bits per heavy atom. The Hall–Kier alpha value is -0.650. The molecule has 1 aromatic heterocycles. The Bertz CT molecular complexity index is 458. The van der Waals surface area contributed by atoms with E-state index < -0.39 is 0 Å². The highest BCUT2D eigenvalue weighted by Crippen LogP contribution is 2.31. The highest BCUT2D eigenvalue weighted by atomic mass is 32.1. The van der Waals surface area contributed by atoms with Crippen LogP contribution in [0.25, 0.3) is 0 Å². The smallest absolute Gasteiger partial charge is 0.186 e. The van der Waals surface area contributed by atoms with E-state index in [-0.39, 0.29) is 11.7 Å². The zero-order chi connectivity index (χ0) is 15.5. The number of aromatic nitrogens is 1. The van der Waals surface area contributed by atoms with Crippen LogP contribution in [0.2, 0.25) is 0 Å². The summed E-state index contributed by atoms with van der Waals surface area (Å²) in [7, 11) is 0. The van der Waals surface area contributed by atoms with Crippen molar-refractivity contribution in [1.82, 2.24) is 10.3 Å². The maximum Gasteiger partial charge on any atom is 0.186 e. The largest absolute Gasteiger partial charge is 0.369 e. The van der Waals surface area contributed by atoms with Crippen molar-refractivity contribution in [2.45, 2.75) is 65.7 Å². The molecule has 0 radical (unpaired) electrons. The van der Waals surface area contributed by atoms with Crippen LogP contribution in [0.1, 0.15) is 51.6 Å². The van der Waals surface area contributed by atoms with Gasteiger partial charge in [-0.1, -0.05) is 13.8 Å². The Kier molecular flexibility index (Phi) is 5.63. The molecule has 1 N–H and O–H groups in total. The molecular formula is C16H29N3OS. The van der Waals surface area contributed by atoms with Crippen LogP contribution in [0, 0.1) is 0 Å². The molecule has 2 rings (SSSR count). The second-order valence-electron chi connectivity index (χ2n) is 6.47. The summed E-state index contributed by atoms with van der Waals surface area (Å²) in [5.74, 6) is 0. The van der Waals surface area contributed by atoms with Gasteiger partial charge >= 0.3 is 0 Å². The average Bonchev–Trinajstić information content (AvgIpc) is 2.80. The third-order valence-electron chi connectivity index (χ3n) is 3.65. The van der Waals surface area contributed by atoms with Crippen LogP contribution in [0.4, 0.5) is 5.13 Å². The van der Waals surface area contributed by atoms with E-state index in [1.54, 1.807) is 0 Å². The van der Waals surface area contributed by atoms with Crippen molar-refractivity contribution in [3.63, 3.8) is 0 Å². The van der Waals surface area contributed by atoms with E-state index in [4.69, 9.17) is 9.72 Å². The summed E-state index contributed by atoms with van der Waals surface area (Å²) in [6.07, 6.45) is 2.43. The zero-order valence-corrected chi connectivity index (χ0v) is 14.8. The van der Waals surface area contributed by atoms with Crippen LogP contribution in [0.5, 0.6) is 0 Å². The van der Waals surface area contributed by atoms with E-state index in [1.165, 1.54) is 17.0 Å². The van der Waals surface area contributed by atoms with Crippen molar-refractivity contribution in [1.29, 1.82) is 0 Å². The molecule has 0 spiro atoms. The van der Waals surface area contributed by atoms with E-state index in [9.17, 15) is 0 Å². The van der Waals surface area contributed by atoms with Crippen LogP contribution in [0.15, 0.2) is 0 Å². The van der Waals surface area contributed by atoms with E-state index in [1.807, 2.05) is 11.3 Å². The summed E-state index contributed by atoms with van der Waals surface area (Å²) in [5.41, 5.74) is 1.15. The molecule has 0 amide bonds. The molecule has 1 unspecified atom stereocenters. The van der Waals surface area contributed by atoms with Gasteiger partial charge in [0.1, 0.15) is 0 Å². The highest BCUT2D eigenvalue weighted by molar-refractivity contribution is 7.15. The van der Waals surface area contributed by atoms with Gasteiger partial charge in [-0.15, -0.1) is 11.3 Å². The first-order valence-electron chi connectivity index (χ1n) is 8.07. The molecule has 0 bridgehead atoms. The van der Waals surface area contributed by atoms with Crippen LogP contribution in [-0.2, 0) is 17.7 Å². The predicted octanol–water partition coefficient (Wildman–Crippen LogP) is 3.21. The third-order valence-corrected chi connectivity index (χ3v) is 4.81. The standard InChI is InChI=1S/C16H29N3OS/c1-6-8-17-9-14-13(7-2)18-15(21-14)19-10-12(3)20-16(4,5)11-19/h12,17H,6-11H2,1-5H3. The minimum atomic E-state index is -0.101. The van der Waals surface area contributed by atoms with Crippen molar-refractivity contribution < 1.29 is 4.74 Å². The molecular weight excluding hydrogens is 282 g/mol. The topological polar surface area (TPSA) is 37.4 Å². The molecule has 2 heterocycles. The summed E-state index contributed by atoms with van der Waals surface area (Å²) in [5, 5.41) is 4.65. The number of aryl methyl sites for hydroxylation is 1. The molecule has 1 aliphatic heterocycles. The number of morpholine rings is 1. The van der Waals surface area contributed by atoms with E-state index in [0.29, 0.717) is 0 Å². The summed E-state index contributed by atoms with van der Waals surface area (Å²) in [4.78, 5) is 8.66. The highest BCUT2D eigenvalue weighted by Gasteiger charge is 2.32. The molecule has 0 aliphatic carbocycles. The molecule has 1 saturated heterocycles. The predicted molar refractivity (Wildman–Crippen MR) is 90.3 cm³/mol. The third kappa shape index (κ3) is 4.41. The van der Waals surface area contributed by atoms with Gasteiger partial charge in [-0.05, 0) is 40.2 Å². The summed E-state index contributed by atoms with van der Waals surface area (Å²) in [6, 6.07) is 0. The molecule has 21 heavy (non-hydrogen) atoms. The minimum absolute atomic E-state index is 0.101. The lowest BCUT2D eigenvalue weighted by molar-refractivity contribution is -0.0749. The number of hydrogen-bond donors (Lipinski definition) is 1. The SMILES string of the molecule is CCCNCc1sc(N2CC(C)OC(C)(C)C2)nc1CC. The van der Waals surface area contributed by atoms with Crippen LogP contribution >= 0.6 is 11.3 Å². The number of nitrogens with zero attached hydrogens (tertiary/aromatic N) is 2. The fourth-order valence-corrected chi connectivity index (χ4v) is 4.02. The second kappa shape index (κ2) is 7.07. The average molecular weight is 311 g/mol. The number of thiazole rings is 1. The molecule has 120 valence electrons. The number of rotatable bonds is 6. The maximum absolute atomic E-state index is 5.99. The lowest BCUT2D eigenvalue weighted by Crippen LogP contribution is -2.52. The van der Waals surface area contributed by atoms with Crippen molar-refractivity contribution in [2.24, 2.45) is 0 Å². The van der Waals surface area contributed by atoms with Gasteiger partial charge in [0.05, 0.1) is 17.4 Å². The van der Waals surface area contributed by atoms with Gasteiger partial charge in [0.25, 0.3) is 0 Å². The molecule has 4 nitrogen and oxygen atoms in total.